The first-order valence-corrected chi connectivity index (χ1v) is 7.54. The lowest BCUT2D eigenvalue weighted by Gasteiger charge is -2.17. The smallest absolute Gasteiger partial charge is 0.325 e. The predicted octanol–water partition coefficient (Wildman–Crippen LogP) is 3.85. The Hall–Kier alpha value is -2.80. The molecule has 0 aliphatic carbocycles. The highest BCUT2D eigenvalue weighted by molar-refractivity contribution is 7.22. The summed E-state index contributed by atoms with van der Waals surface area (Å²) in [5.74, 6) is -0.443. The Morgan fingerprint density at radius 2 is 1.87 bits per heavy atom. The summed E-state index contributed by atoms with van der Waals surface area (Å²) in [4.78, 5) is 28.7. The number of carbonyl (C=O) groups excluding carboxylic acids is 2. The third kappa shape index (κ3) is 2.91. The van der Waals surface area contributed by atoms with Crippen LogP contribution in [0.1, 0.15) is 17.3 Å². The number of carbonyl (C=O) groups is 2. The van der Waals surface area contributed by atoms with Crippen molar-refractivity contribution in [2.75, 3.05) is 4.90 Å². The van der Waals surface area contributed by atoms with E-state index < -0.39 is 6.03 Å². The topological polar surface area (TPSA) is 76.3 Å². The van der Waals surface area contributed by atoms with Crippen LogP contribution in [-0.2, 0) is 0 Å². The zero-order valence-electron chi connectivity index (χ0n) is 12.1. The minimum Gasteiger partial charge on any atom is -0.351 e. The number of nitrogens with two attached hydrogens (primary N) is 1. The molecule has 0 aliphatic heterocycles. The molecule has 0 atom stereocenters. The molecule has 5 nitrogen and oxygen atoms in total. The molecule has 2 N–H and O–H groups in total. The largest absolute Gasteiger partial charge is 0.351 e. The fourth-order valence-corrected chi connectivity index (χ4v) is 3.18. The van der Waals surface area contributed by atoms with Gasteiger partial charge in [-0.05, 0) is 49.4 Å². The van der Waals surface area contributed by atoms with Gasteiger partial charge in [0.05, 0.1) is 15.9 Å². The summed E-state index contributed by atoms with van der Waals surface area (Å²) in [6.07, 6.45) is 0. The third-order valence-electron chi connectivity index (χ3n) is 3.28. The van der Waals surface area contributed by atoms with E-state index in [0.717, 1.165) is 11.3 Å². The van der Waals surface area contributed by atoms with Gasteiger partial charge in [-0.2, -0.15) is 0 Å². The van der Waals surface area contributed by atoms with Crippen molar-refractivity contribution in [1.82, 2.24) is 4.98 Å². The normalized spacial score (nSPS) is 10.7. The molecule has 0 spiro atoms. The number of hydrogen-bond donors (Lipinski definition) is 1. The van der Waals surface area contributed by atoms with Crippen LogP contribution < -0.4 is 10.6 Å². The lowest BCUT2D eigenvalue weighted by atomic mass is 10.1. The number of fused-ring (bicyclic) bond motifs is 1. The van der Waals surface area contributed by atoms with Crippen molar-refractivity contribution < 1.29 is 14.0 Å². The Morgan fingerprint density at radius 3 is 2.48 bits per heavy atom. The molecule has 3 aromatic rings. The van der Waals surface area contributed by atoms with Crippen LogP contribution in [0.5, 0.6) is 0 Å². The van der Waals surface area contributed by atoms with Gasteiger partial charge in [0.2, 0.25) is 0 Å². The van der Waals surface area contributed by atoms with Crippen LogP contribution in [0.25, 0.3) is 10.2 Å². The lowest BCUT2D eigenvalue weighted by molar-refractivity contribution is 0.101. The van der Waals surface area contributed by atoms with Gasteiger partial charge in [0.15, 0.2) is 10.9 Å². The molecular formula is C16H12FN3O2S. The number of ketones is 1. The van der Waals surface area contributed by atoms with E-state index in [-0.39, 0.29) is 11.6 Å². The Balaban J connectivity index is 2.06. The van der Waals surface area contributed by atoms with Gasteiger partial charge in [-0.15, -0.1) is 0 Å². The second kappa shape index (κ2) is 5.77. The third-order valence-corrected chi connectivity index (χ3v) is 4.29. The summed E-state index contributed by atoms with van der Waals surface area (Å²) in [5.41, 5.74) is 7.06. The molecule has 7 heteroatoms. The number of aromatic nitrogens is 1. The van der Waals surface area contributed by atoms with Crippen molar-refractivity contribution in [2.24, 2.45) is 5.73 Å². The summed E-state index contributed by atoms with van der Waals surface area (Å²) in [5, 5.41) is 0.341. The van der Waals surface area contributed by atoms with E-state index in [1.807, 2.05) is 0 Å². The number of benzene rings is 2. The molecule has 0 bridgehead atoms. The molecule has 0 unspecified atom stereocenters. The second-order valence-electron chi connectivity index (χ2n) is 4.89. The van der Waals surface area contributed by atoms with E-state index >= 15 is 0 Å². The van der Waals surface area contributed by atoms with E-state index in [2.05, 4.69) is 4.98 Å². The molecule has 1 aromatic heterocycles. The molecule has 2 amide bonds. The fourth-order valence-electron chi connectivity index (χ4n) is 2.16. The number of urea groups is 1. The minimum absolute atomic E-state index is 0.0716. The summed E-state index contributed by atoms with van der Waals surface area (Å²) in [6.45, 7) is 1.46. The molecule has 3 rings (SSSR count). The fraction of sp³-hybridized carbons (Fsp3) is 0.0625. The predicted molar refractivity (Wildman–Crippen MR) is 87.7 cm³/mol. The molecule has 0 fully saturated rings. The summed E-state index contributed by atoms with van der Waals surface area (Å²) in [7, 11) is 0. The van der Waals surface area contributed by atoms with Crippen LogP contribution in [0, 0.1) is 5.82 Å². The van der Waals surface area contributed by atoms with Crippen molar-refractivity contribution in [1.29, 1.82) is 0 Å². The van der Waals surface area contributed by atoms with Crippen molar-refractivity contribution >= 4 is 44.2 Å². The molecule has 0 radical (unpaired) electrons. The van der Waals surface area contributed by atoms with Crippen LogP contribution in [0.2, 0.25) is 0 Å². The van der Waals surface area contributed by atoms with Gasteiger partial charge in [-0.25, -0.2) is 19.1 Å². The molecule has 0 saturated carbocycles. The number of Topliss-reactive ketones (excluding diaryl/α,β-unsaturated/α-hetero) is 1. The van der Waals surface area contributed by atoms with Crippen molar-refractivity contribution in [3.05, 3.63) is 53.8 Å². The standard InChI is InChI=1S/C16H12FN3O2S/c1-9(21)10-2-5-12(6-3-10)20(15(18)22)16-19-13-7-4-11(17)8-14(13)23-16/h2-8H,1H3,(H2,18,22). The second-order valence-corrected chi connectivity index (χ2v) is 5.89. The van der Waals surface area contributed by atoms with Crippen molar-refractivity contribution in [2.45, 2.75) is 6.92 Å². The molecule has 0 aliphatic rings. The number of primary amides is 1. The van der Waals surface area contributed by atoms with Gasteiger partial charge >= 0.3 is 6.03 Å². The summed E-state index contributed by atoms with van der Waals surface area (Å²) in [6, 6.07) is 9.96. The molecular weight excluding hydrogens is 317 g/mol. The van der Waals surface area contributed by atoms with Gasteiger partial charge in [-0.1, -0.05) is 11.3 Å². The highest BCUT2D eigenvalue weighted by atomic mass is 32.1. The van der Waals surface area contributed by atoms with Gasteiger partial charge in [0, 0.05) is 5.56 Å². The average molecular weight is 329 g/mol. The summed E-state index contributed by atoms with van der Waals surface area (Å²) >= 11 is 1.16. The summed E-state index contributed by atoms with van der Waals surface area (Å²) < 4.78 is 13.9. The van der Waals surface area contributed by atoms with Crippen LogP contribution in [-0.4, -0.2) is 16.8 Å². The lowest BCUT2D eigenvalue weighted by Crippen LogP contribution is -2.31. The number of anilines is 2. The van der Waals surface area contributed by atoms with Crippen LogP contribution >= 0.6 is 11.3 Å². The maximum absolute atomic E-state index is 13.3. The number of nitrogens with zero attached hydrogens (tertiary/aromatic N) is 2. The SMILES string of the molecule is CC(=O)c1ccc(N(C(N)=O)c2nc3ccc(F)cc3s2)cc1. The monoisotopic (exact) mass is 329 g/mol. The molecule has 2 aromatic carbocycles. The van der Waals surface area contributed by atoms with Gasteiger partial charge in [0.1, 0.15) is 5.82 Å². The number of rotatable bonds is 3. The van der Waals surface area contributed by atoms with Crippen LogP contribution in [0.15, 0.2) is 42.5 Å². The van der Waals surface area contributed by atoms with Crippen LogP contribution in [0.4, 0.5) is 20.0 Å². The molecule has 0 saturated heterocycles. The first-order chi connectivity index (χ1) is 11.0. The zero-order chi connectivity index (χ0) is 16.6. The highest BCUT2D eigenvalue weighted by Gasteiger charge is 2.19. The first kappa shape index (κ1) is 15.1. The van der Waals surface area contributed by atoms with Gasteiger partial charge < -0.3 is 5.73 Å². The van der Waals surface area contributed by atoms with Crippen molar-refractivity contribution in [3.8, 4) is 0 Å². The minimum atomic E-state index is -0.708. The van der Waals surface area contributed by atoms with E-state index in [1.165, 1.54) is 24.0 Å². The number of halogens is 1. The maximum atomic E-state index is 13.3. The molecule has 116 valence electrons. The van der Waals surface area contributed by atoms with E-state index in [1.54, 1.807) is 30.3 Å². The number of hydrogen-bond acceptors (Lipinski definition) is 4. The highest BCUT2D eigenvalue weighted by Crippen LogP contribution is 2.33. The van der Waals surface area contributed by atoms with E-state index in [9.17, 15) is 14.0 Å². The first-order valence-electron chi connectivity index (χ1n) is 6.72. The van der Waals surface area contributed by atoms with Gasteiger partial charge in [-0.3, -0.25) is 4.79 Å². The van der Waals surface area contributed by atoms with E-state index in [0.29, 0.717) is 26.6 Å². The van der Waals surface area contributed by atoms with Crippen molar-refractivity contribution in [3.63, 3.8) is 0 Å². The molecule has 1 heterocycles. The Labute approximate surface area is 135 Å². The quantitative estimate of drug-likeness (QED) is 0.741. The Morgan fingerprint density at radius 1 is 1.17 bits per heavy atom. The average Bonchev–Trinajstić information content (AvgIpc) is 2.89. The number of thiazole rings is 1. The van der Waals surface area contributed by atoms with Crippen LogP contribution in [0.3, 0.4) is 0 Å². The maximum Gasteiger partial charge on any atom is 0.325 e. The van der Waals surface area contributed by atoms with E-state index in [4.69, 9.17) is 5.73 Å². The molecule has 23 heavy (non-hydrogen) atoms. The van der Waals surface area contributed by atoms with Gasteiger partial charge in [0.25, 0.3) is 0 Å². The zero-order valence-corrected chi connectivity index (χ0v) is 12.9. The Bertz CT molecular complexity index is 905. The number of amides is 2. The Kier molecular flexibility index (Phi) is 3.79.